The second-order valence-electron chi connectivity index (χ2n) is 4.44. The van der Waals surface area contributed by atoms with Crippen LogP contribution in [0.5, 0.6) is 0 Å². The van der Waals surface area contributed by atoms with Gasteiger partial charge in [0.25, 0.3) is 0 Å². The van der Waals surface area contributed by atoms with E-state index in [4.69, 9.17) is 4.55 Å². The van der Waals surface area contributed by atoms with Crippen LogP contribution in [0.25, 0.3) is 0 Å². The normalized spacial score (nSPS) is 24.4. The van der Waals surface area contributed by atoms with Crippen molar-refractivity contribution in [3.63, 3.8) is 0 Å². The van der Waals surface area contributed by atoms with E-state index >= 15 is 0 Å². The van der Waals surface area contributed by atoms with E-state index in [1.807, 2.05) is 6.92 Å². The Hall–Kier alpha value is -1.00. The summed E-state index contributed by atoms with van der Waals surface area (Å²) >= 11 is -1.98. The minimum atomic E-state index is -1.98. The molecular formula is C12H17NO2S. The number of hydrogen-bond donors (Lipinski definition) is 1. The molecule has 88 valence electrons. The molecule has 1 aliphatic rings. The van der Waals surface area contributed by atoms with Crippen LogP contribution in [0.3, 0.4) is 0 Å². The van der Waals surface area contributed by atoms with Gasteiger partial charge in [0.1, 0.15) is 0 Å². The Morgan fingerprint density at radius 1 is 1.62 bits per heavy atom. The standard InChI is InChI=1S/C12H17NO2S/c1-5-11(16(14)15)7-6-10-8-12(3,4)9(2)13-10/h5-7H,1,8H2,2-4H3,(H,14,15)/b10-6+,11-7+. The quantitative estimate of drug-likeness (QED) is 0.608. The van der Waals surface area contributed by atoms with Crippen molar-refractivity contribution in [2.75, 3.05) is 0 Å². The Labute approximate surface area is 99.0 Å². The highest BCUT2D eigenvalue weighted by molar-refractivity contribution is 7.83. The first-order valence-corrected chi connectivity index (χ1v) is 6.17. The SMILES string of the molecule is C=C/C(=C\C=C1/CC(C)(C)C(C)=N1)S(=O)O. The number of aliphatic imine (C=N–C) groups is 1. The lowest BCUT2D eigenvalue weighted by atomic mass is 9.86. The third kappa shape index (κ3) is 3.00. The molecule has 0 aliphatic carbocycles. The first-order valence-electron chi connectivity index (χ1n) is 5.07. The second-order valence-corrected chi connectivity index (χ2v) is 5.41. The van der Waals surface area contributed by atoms with Gasteiger partial charge in [-0.1, -0.05) is 26.5 Å². The molecule has 0 aromatic heterocycles. The van der Waals surface area contributed by atoms with Crippen molar-refractivity contribution in [2.45, 2.75) is 27.2 Å². The molecule has 1 heterocycles. The summed E-state index contributed by atoms with van der Waals surface area (Å²) in [6.07, 6.45) is 5.61. The van der Waals surface area contributed by atoms with E-state index in [2.05, 4.69) is 25.4 Å². The van der Waals surface area contributed by atoms with Crippen LogP contribution in [0, 0.1) is 5.41 Å². The van der Waals surface area contributed by atoms with Crippen molar-refractivity contribution >= 4 is 16.8 Å². The Morgan fingerprint density at radius 2 is 2.25 bits per heavy atom. The zero-order chi connectivity index (χ0) is 12.3. The Bertz CT molecular complexity index is 417. The molecule has 0 bridgehead atoms. The molecule has 0 aromatic carbocycles. The predicted octanol–water partition coefficient (Wildman–Crippen LogP) is 3.05. The van der Waals surface area contributed by atoms with Crippen molar-refractivity contribution < 1.29 is 8.76 Å². The summed E-state index contributed by atoms with van der Waals surface area (Å²) < 4.78 is 19.7. The van der Waals surface area contributed by atoms with Crippen LogP contribution in [-0.4, -0.2) is 14.5 Å². The highest BCUT2D eigenvalue weighted by atomic mass is 32.2. The first kappa shape index (κ1) is 13.1. The average Bonchev–Trinajstić information content (AvgIpc) is 2.41. The van der Waals surface area contributed by atoms with Gasteiger partial charge in [0.15, 0.2) is 11.1 Å². The predicted molar refractivity (Wildman–Crippen MR) is 68.6 cm³/mol. The molecule has 1 rings (SSSR count). The van der Waals surface area contributed by atoms with Crippen molar-refractivity contribution in [2.24, 2.45) is 10.4 Å². The Kier molecular flexibility index (Phi) is 3.99. The largest absolute Gasteiger partial charge is 0.302 e. The number of rotatable bonds is 3. The van der Waals surface area contributed by atoms with Crippen LogP contribution >= 0.6 is 0 Å². The van der Waals surface area contributed by atoms with Gasteiger partial charge in [0, 0.05) is 16.8 Å². The smallest absolute Gasteiger partial charge is 0.186 e. The second kappa shape index (κ2) is 4.89. The lowest BCUT2D eigenvalue weighted by molar-refractivity contribution is 0.539. The Balaban J connectivity index is 2.90. The van der Waals surface area contributed by atoms with Crippen molar-refractivity contribution in [1.82, 2.24) is 0 Å². The summed E-state index contributed by atoms with van der Waals surface area (Å²) in [5.41, 5.74) is 2.12. The molecule has 0 spiro atoms. The molecular weight excluding hydrogens is 222 g/mol. The van der Waals surface area contributed by atoms with Crippen LogP contribution in [0.1, 0.15) is 27.2 Å². The third-order valence-electron chi connectivity index (χ3n) is 2.76. The molecule has 0 saturated carbocycles. The monoisotopic (exact) mass is 239 g/mol. The van der Waals surface area contributed by atoms with E-state index in [0.717, 1.165) is 17.8 Å². The van der Waals surface area contributed by atoms with Crippen LogP contribution in [0.15, 0.2) is 40.4 Å². The van der Waals surface area contributed by atoms with Gasteiger partial charge < -0.3 is 4.55 Å². The third-order valence-corrected chi connectivity index (χ3v) is 3.46. The molecule has 3 nitrogen and oxygen atoms in total. The summed E-state index contributed by atoms with van der Waals surface area (Å²) in [5.74, 6) is 0. The molecule has 1 unspecified atom stereocenters. The molecule has 1 aliphatic heterocycles. The molecule has 1 N–H and O–H groups in total. The molecule has 0 aromatic rings. The maximum absolute atomic E-state index is 10.8. The van der Waals surface area contributed by atoms with E-state index in [1.165, 1.54) is 6.08 Å². The first-order chi connectivity index (χ1) is 7.36. The van der Waals surface area contributed by atoms with E-state index in [0.29, 0.717) is 4.91 Å². The molecule has 4 heteroatoms. The van der Waals surface area contributed by atoms with E-state index in [-0.39, 0.29) is 5.41 Å². The fraction of sp³-hybridized carbons (Fsp3) is 0.417. The van der Waals surface area contributed by atoms with Gasteiger partial charge in [-0.05, 0) is 25.5 Å². The van der Waals surface area contributed by atoms with Crippen LogP contribution in [-0.2, 0) is 11.1 Å². The minimum absolute atomic E-state index is 0.0897. The number of allylic oxidation sites excluding steroid dienone is 4. The van der Waals surface area contributed by atoms with E-state index in [1.54, 1.807) is 12.2 Å². The van der Waals surface area contributed by atoms with Crippen molar-refractivity contribution in [3.8, 4) is 0 Å². The fourth-order valence-electron chi connectivity index (χ4n) is 1.46. The molecule has 16 heavy (non-hydrogen) atoms. The maximum Gasteiger partial charge on any atom is 0.186 e. The summed E-state index contributed by atoms with van der Waals surface area (Å²) in [4.78, 5) is 4.72. The highest BCUT2D eigenvalue weighted by Crippen LogP contribution is 2.34. The van der Waals surface area contributed by atoms with Crippen LogP contribution in [0.2, 0.25) is 0 Å². The lowest BCUT2D eigenvalue weighted by Crippen LogP contribution is -2.15. The van der Waals surface area contributed by atoms with Gasteiger partial charge >= 0.3 is 0 Å². The van der Waals surface area contributed by atoms with Gasteiger partial charge in [-0.3, -0.25) is 4.99 Å². The molecule has 0 saturated heterocycles. The summed E-state index contributed by atoms with van der Waals surface area (Å²) in [7, 11) is 0. The summed E-state index contributed by atoms with van der Waals surface area (Å²) in [6.45, 7) is 9.76. The molecule has 0 fully saturated rings. The highest BCUT2D eigenvalue weighted by Gasteiger charge is 2.28. The lowest BCUT2D eigenvalue weighted by Gasteiger charge is -2.15. The van der Waals surface area contributed by atoms with E-state index in [9.17, 15) is 4.21 Å². The molecule has 0 radical (unpaired) electrons. The molecule has 1 atom stereocenters. The van der Waals surface area contributed by atoms with Crippen LogP contribution < -0.4 is 0 Å². The van der Waals surface area contributed by atoms with E-state index < -0.39 is 11.1 Å². The fourth-order valence-corrected chi connectivity index (χ4v) is 1.79. The Morgan fingerprint density at radius 3 is 2.62 bits per heavy atom. The number of hydrogen-bond acceptors (Lipinski definition) is 2. The molecule has 0 amide bonds. The van der Waals surface area contributed by atoms with Gasteiger partial charge in [-0.15, -0.1) is 0 Å². The topological polar surface area (TPSA) is 49.7 Å². The minimum Gasteiger partial charge on any atom is -0.302 e. The van der Waals surface area contributed by atoms with Crippen molar-refractivity contribution in [1.29, 1.82) is 0 Å². The van der Waals surface area contributed by atoms with Gasteiger partial charge in [-0.2, -0.15) is 0 Å². The van der Waals surface area contributed by atoms with Crippen LogP contribution in [0.4, 0.5) is 0 Å². The van der Waals surface area contributed by atoms with Crippen molar-refractivity contribution in [3.05, 3.63) is 35.4 Å². The van der Waals surface area contributed by atoms with Gasteiger partial charge in [0.2, 0.25) is 0 Å². The maximum atomic E-state index is 10.8. The zero-order valence-electron chi connectivity index (χ0n) is 9.86. The summed E-state index contributed by atoms with van der Waals surface area (Å²) in [6, 6.07) is 0. The van der Waals surface area contributed by atoms with Gasteiger partial charge in [0.05, 0.1) is 4.91 Å². The van der Waals surface area contributed by atoms with Gasteiger partial charge in [-0.25, -0.2) is 4.21 Å². The summed E-state index contributed by atoms with van der Waals surface area (Å²) in [5, 5.41) is 0. The average molecular weight is 239 g/mol. The zero-order valence-corrected chi connectivity index (χ0v) is 10.7. The number of nitrogens with zero attached hydrogens (tertiary/aromatic N) is 1.